The molecule has 0 aliphatic rings. The molecule has 0 atom stereocenters. The molecule has 3 rings (SSSR count). The van der Waals surface area contributed by atoms with Crippen molar-refractivity contribution in [1.29, 1.82) is 0 Å². The Morgan fingerprint density at radius 3 is 2.00 bits per heavy atom. The summed E-state index contributed by atoms with van der Waals surface area (Å²) in [5.41, 5.74) is -0.309. The smallest absolute Gasteiger partial charge is 0.257 e. The highest BCUT2D eigenvalue weighted by molar-refractivity contribution is 6.08. The number of anilines is 2. The fourth-order valence-electron chi connectivity index (χ4n) is 2.70. The summed E-state index contributed by atoms with van der Waals surface area (Å²) in [6.45, 7) is -0.724. The summed E-state index contributed by atoms with van der Waals surface area (Å²) < 4.78 is 72.7. The first-order valence-electron chi connectivity index (χ1n) is 8.62. The van der Waals surface area contributed by atoms with Gasteiger partial charge in [-0.25, -0.2) is 22.0 Å². The Bertz CT molecular complexity index is 1060. The zero-order valence-electron chi connectivity index (χ0n) is 15.5. The number of para-hydroxylation sites is 1. The first-order chi connectivity index (χ1) is 14.3. The van der Waals surface area contributed by atoms with Gasteiger partial charge < -0.3 is 15.4 Å². The zero-order valence-corrected chi connectivity index (χ0v) is 15.5. The minimum atomic E-state index is -2.23. The zero-order chi connectivity index (χ0) is 21.8. The molecular weight excluding hydrogens is 407 g/mol. The number of benzene rings is 3. The minimum Gasteiger partial charge on any atom is -0.497 e. The van der Waals surface area contributed by atoms with Gasteiger partial charge in [-0.1, -0.05) is 12.1 Å². The molecule has 4 nitrogen and oxygen atoms in total. The Balaban J connectivity index is 1.81. The molecule has 0 saturated heterocycles. The van der Waals surface area contributed by atoms with E-state index >= 15 is 0 Å². The van der Waals surface area contributed by atoms with Gasteiger partial charge in [0.05, 0.1) is 12.7 Å². The van der Waals surface area contributed by atoms with Gasteiger partial charge in [-0.3, -0.25) is 4.79 Å². The number of rotatable bonds is 6. The summed E-state index contributed by atoms with van der Waals surface area (Å²) in [6.07, 6.45) is 0. The number of amides is 1. The van der Waals surface area contributed by atoms with Crippen LogP contribution in [0, 0.1) is 29.1 Å². The van der Waals surface area contributed by atoms with Crippen molar-refractivity contribution in [2.24, 2.45) is 0 Å². The van der Waals surface area contributed by atoms with Gasteiger partial charge in [0.1, 0.15) is 5.75 Å². The van der Waals surface area contributed by atoms with E-state index in [0.717, 1.165) is 0 Å². The molecule has 0 aliphatic carbocycles. The summed E-state index contributed by atoms with van der Waals surface area (Å²) in [5, 5.41) is 5.20. The Morgan fingerprint density at radius 2 is 1.40 bits per heavy atom. The van der Waals surface area contributed by atoms with E-state index in [1.54, 1.807) is 36.4 Å². The second-order valence-corrected chi connectivity index (χ2v) is 6.13. The van der Waals surface area contributed by atoms with Gasteiger partial charge in [-0.2, -0.15) is 0 Å². The van der Waals surface area contributed by atoms with Crippen molar-refractivity contribution in [3.8, 4) is 5.75 Å². The molecule has 0 aromatic heterocycles. The third kappa shape index (κ3) is 4.19. The molecule has 9 heteroatoms. The van der Waals surface area contributed by atoms with Crippen molar-refractivity contribution in [3.63, 3.8) is 0 Å². The van der Waals surface area contributed by atoms with Crippen LogP contribution in [0.2, 0.25) is 0 Å². The maximum Gasteiger partial charge on any atom is 0.257 e. The van der Waals surface area contributed by atoms with Gasteiger partial charge in [0.25, 0.3) is 5.91 Å². The summed E-state index contributed by atoms with van der Waals surface area (Å²) in [7, 11) is 1.50. The van der Waals surface area contributed by atoms with E-state index in [1.165, 1.54) is 19.2 Å². The maximum atomic E-state index is 13.9. The predicted molar refractivity (Wildman–Crippen MR) is 101 cm³/mol. The lowest BCUT2D eigenvalue weighted by Gasteiger charge is -2.14. The van der Waals surface area contributed by atoms with E-state index in [9.17, 15) is 26.7 Å². The van der Waals surface area contributed by atoms with Gasteiger partial charge in [0.15, 0.2) is 23.3 Å². The van der Waals surface area contributed by atoms with Gasteiger partial charge >= 0.3 is 0 Å². The van der Waals surface area contributed by atoms with Crippen molar-refractivity contribution >= 4 is 17.3 Å². The molecule has 0 unspecified atom stereocenters. The largest absolute Gasteiger partial charge is 0.497 e. The van der Waals surface area contributed by atoms with Crippen LogP contribution in [0.1, 0.15) is 15.9 Å². The number of methoxy groups -OCH3 is 1. The highest BCUT2D eigenvalue weighted by Crippen LogP contribution is 2.25. The number of hydrogen-bond donors (Lipinski definition) is 2. The van der Waals surface area contributed by atoms with Gasteiger partial charge in [-0.15, -0.1) is 0 Å². The first-order valence-corrected chi connectivity index (χ1v) is 8.62. The third-order valence-electron chi connectivity index (χ3n) is 4.28. The highest BCUT2D eigenvalue weighted by atomic mass is 19.2. The Kier molecular flexibility index (Phi) is 6.20. The Morgan fingerprint density at radius 1 is 0.833 bits per heavy atom. The van der Waals surface area contributed by atoms with Gasteiger partial charge in [0, 0.05) is 23.5 Å². The normalized spacial score (nSPS) is 10.6. The monoisotopic (exact) mass is 422 g/mol. The average Bonchev–Trinajstić information content (AvgIpc) is 2.77. The Labute approximate surface area is 168 Å². The molecule has 0 heterocycles. The Hall–Kier alpha value is -3.62. The van der Waals surface area contributed by atoms with Crippen LogP contribution in [0.3, 0.4) is 0 Å². The van der Waals surface area contributed by atoms with Crippen molar-refractivity contribution in [2.45, 2.75) is 6.54 Å². The van der Waals surface area contributed by atoms with E-state index in [1.807, 2.05) is 0 Å². The van der Waals surface area contributed by atoms with Crippen molar-refractivity contribution in [3.05, 3.63) is 88.7 Å². The van der Waals surface area contributed by atoms with Crippen LogP contribution in [0.5, 0.6) is 5.75 Å². The molecule has 0 spiro atoms. The van der Waals surface area contributed by atoms with Gasteiger partial charge in [0.2, 0.25) is 5.82 Å². The molecule has 1 amide bonds. The topological polar surface area (TPSA) is 50.4 Å². The third-order valence-corrected chi connectivity index (χ3v) is 4.28. The molecule has 2 N–H and O–H groups in total. The molecule has 0 radical (unpaired) electrons. The fourth-order valence-corrected chi connectivity index (χ4v) is 2.70. The second-order valence-electron chi connectivity index (χ2n) is 6.13. The average molecular weight is 422 g/mol. The van der Waals surface area contributed by atoms with Crippen molar-refractivity contribution in [2.75, 3.05) is 17.7 Å². The number of halogens is 5. The number of nitrogens with one attached hydrogen (secondary N) is 2. The number of carbonyl (C=O) groups is 1. The minimum absolute atomic E-state index is 0.109. The van der Waals surface area contributed by atoms with E-state index in [4.69, 9.17) is 4.74 Å². The highest BCUT2D eigenvalue weighted by Gasteiger charge is 2.25. The van der Waals surface area contributed by atoms with Gasteiger partial charge in [-0.05, 0) is 36.4 Å². The second kappa shape index (κ2) is 8.81. The summed E-state index contributed by atoms with van der Waals surface area (Å²) in [4.78, 5) is 12.6. The molecule has 0 bridgehead atoms. The van der Waals surface area contributed by atoms with E-state index in [2.05, 4.69) is 10.6 Å². The van der Waals surface area contributed by atoms with Crippen molar-refractivity contribution in [1.82, 2.24) is 0 Å². The van der Waals surface area contributed by atoms with Crippen LogP contribution in [0.25, 0.3) is 0 Å². The quantitative estimate of drug-likeness (QED) is 0.324. The maximum absolute atomic E-state index is 13.9. The van der Waals surface area contributed by atoms with Crippen LogP contribution in [-0.4, -0.2) is 13.0 Å². The molecule has 0 aliphatic heterocycles. The molecule has 0 saturated carbocycles. The van der Waals surface area contributed by atoms with Crippen LogP contribution in [0.4, 0.5) is 33.3 Å². The lowest BCUT2D eigenvalue weighted by Crippen LogP contribution is -2.16. The molecule has 3 aromatic carbocycles. The lowest BCUT2D eigenvalue weighted by molar-refractivity contribution is 0.102. The molecule has 156 valence electrons. The lowest BCUT2D eigenvalue weighted by atomic mass is 10.1. The van der Waals surface area contributed by atoms with Crippen LogP contribution in [-0.2, 0) is 6.54 Å². The summed E-state index contributed by atoms with van der Waals surface area (Å²) in [6, 6.07) is 12.5. The van der Waals surface area contributed by atoms with E-state index in [-0.39, 0.29) is 11.3 Å². The van der Waals surface area contributed by atoms with Crippen molar-refractivity contribution < 1.29 is 31.5 Å². The van der Waals surface area contributed by atoms with Crippen LogP contribution >= 0.6 is 0 Å². The number of hydrogen-bond acceptors (Lipinski definition) is 3. The molecular formula is C21H15F5N2O2. The molecule has 30 heavy (non-hydrogen) atoms. The fraction of sp³-hybridized carbons (Fsp3) is 0.0952. The summed E-state index contributed by atoms with van der Waals surface area (Å²) >= 11 is 0. The number of ether oxygens (including phenoxy) is 1. The van der Waals surface area contributed by atoms with E-state index in [0.29, 0.717) is 11.4 Å². The predicted octanol–water partition coefficient (Wildman–Crippen LogP) is 5.26. The summed E-state index contributed by atoms with van der Waals surface area (Å²) in [5.74, 6) is -10.1. The van der Waals surface area contributed by atoms with E-state index < -0.39 is 47.1 Å². The molecule has 0 fully saturated rings. The standard InChI is InChI=1S/C21H15F5N2O2/c1-30-12-8-6-11(7-9-12)28-21(29)13-4-2-3-5-15(13)27-10-14-16(22)18(24)20(26)19(25)17(14)23/h2-9,27H,10H2,1H3,(H,28,29). The van der Waals surface area contributed by atoms with Crippen LogP contribution < -0.4 is 15.4 Å². The SMILES string of the molecule is COc1ccc(NC(=O)c2ccccc2NCc2c(F)c(F)c(F)c(F)c2F)cc1. The number of carbonyl (C=O) groups excluding carboxylic acids is 1. The van der Waals surface area contributed by atoms with Crippen LogP contribution in [0.15, 0.2) is 48.5 Å². The molecule has 3 aromatic rings. The first kappa shape index (κ1) is 21.1.